The van der Waals surface area contributed by atoms with Crippen molar-refractivity contribution < 1.29 is 4.39 Å². The molecule has 0 spiro atoms. The summed E-state index contributed by atoms with van der Waals surface area (Å²) in [4.78, 5) is 0. The maximum atomic E-state index is 12.7. The van der Waals surface area contributed by atoms with Crippen LogP contribution in [0.1, 0.15) is 12.8 Å². The van der Waals surface area contributed by atoms with Crippen molar-refractivity contribution in [2.75, 3.05) is 0 Å². The molecule has 1 aliphatic rings. The zero-order chi connectivity index (χ0) is 7.56. The van der Waals surface area contributed by atoms with Gasteiger partial charge >= 0.3 is 0 Å². The number of nitrogens with zero attached hydrogens (tertiary/aromatic N) is 1. The monoisotopic (exact) mass is 159 g/mol. The van der Waals surface area contributed by atoms with Crippen LogP contribution in [0.5, 0.6) is 0 Å². The number of alkyl halides is 1. The minimum atomic E-state index is -0.546. The molecule has 2 unspecified atom stereocenters. The van der Waals surface area contributed by atoms with E-state index in [1.165, 1.54) is 6.08 Å². The summed E-state index contributed by atoms with van der Waals surface area (Å²) in [7, 11) is 0. The Morgan fingerprint density at radius 1 is 1.70 bits per heavy atom. The van der Waals surface area contributed by atoms with Crippen LogP contribution in [0.25, 0.3) is 0 Å². The van der Waals surface area contributed by atoms with Crippen LogP contribution in [0.2, 0.25) is 0 Å². The molecule has 0 aromatic heterocycles. The minimum absolute atomic E-state index is 0.218. The number of halogens is 2. The van der Waals surface area contributed by atoms with Crippen molar-refractivity contribution >= 4 is 11.6 Å². The fourth-order valence-corrected chi connectivity index (χ4v) is 1.21. The predicted molar refractivity (Wildman–Crippen MR) is 37.2 cm³/mol. The van der Waals surface area contributed by atoms with Crippen molar-refractivity contribution in [1.29, 1.82) is 5.26 Å². The van der Waals surface area contributed by atoms with Crippen LogP contribution >= 0.6 is 11.6 Å². The van der Waals surface area contributed by atoms with Crippen molar-refractivity contribution in [3.8, 4) is 6.07 Å². The molecule has 0 aromatic rings. The molecule has 0 N–H and O–H groups in total. The average Bonchev–Trinajstić information content (AvgIpc) is 1.88. The van der Waals surface area contributed by atoms with Crippen LogP contribution in [0.15, 0.2) is 11.9 Å². The van der Waals surface area contributed by atoms with E-state index < -0.39 is 5.92 Å². The Kier molecular flexibility index (Phi) is 2.29. The van der Waals surface area contributed by atoms with Crippen LogP contribution in [-0.4, -0.2) is 5.38 Å². The summed E-state index contributed by atoms with van der Waals surface area (Å²) in [5.41, 5.74) is 0. The van der Waals surface area contributed by atoms with E-state index in [1.807, 2.05) is 6.07 Å². The summed E-state index contributed by atoms with van der Waals surface area (Å²) in [5.74, 6) is -0.913. The van der Waals surface area contributed by atoms with Gasteiger partial charge in [-0.2, -0.15) is 5.26 Å². The summed E-state index contributed by atoms with van der Waals surface area (Å²) >= 11 is 5.61. The highest BCUT2D eigenvalue weighted by molar-refractivity contribution is 6.21. The van der Waals surface area contributed by atoms with E-state index in [0.29, 0.717) is 12.8 Å². The summed E-state index contributed by atoms with van der Waals surface area (Å²) in [5, 5.41) is 8.16. The third-order valence-corrected chi connectivity index (χ3v) is 1.90. The summed E-state index contributed by atoms with van der Waals surface area (Å²) in [6, 6.07) is 1.87. The van der Waals surface area contributed by atoms with E-state index in [4.69, 9.17) is 16.9 Å². The molecule has 10 heavy (non-hydrogen) atoms. The Hall–Kier alpha value is -0.550. The van der Waals surface area contributed by atoms with E-state index >= 15 is 0 Å². The molecule has 1 aliphatic carbocycles. The summed E-state index contributed by atoms with van der Waals surface area (Å²) in [6.45, 7) is 0. The van der Waals surface area contributed by atoms with Crippen molar-refractivity contribution in [2.45, 2.75) is 18.2 Å². The van der Waals surface area contributed by atoms with E-state index in [-0.39, 0.29) is 11.2 Å². The van der Waals surface area contributed by atoms with Gasteiger partial charge in [0.05, 0.1) is 17.4 Å². The van der Waals surface area contributed by atoms with Crippen molar-refractivity contribution in [3.05, 3.63) is 11.9 Å². The molecule has 0 amide bonds. The SMILES string of the molecule is N#CC1CCC(Cl)C=C1F. The highest BCUT2D eigenvalue weighted by Gasteiger charge is 2.21. The maximum absolute atomic E-state index is 12.7. The number of allylic oxidation sites excluding steroid dienone is 2. The van der Waals surface area contributed by atoms with Gasteiger partial charge in [-0.1, -0.05) is 0 Å². The second kappa shape index (κ2) is 3.03. The average molecular weight is 160 g/mol. The first-order valence-electron chi connectivity index (χ1n) is 3.15. The lowest BCUT2D eigenvalue weighted by molar-refractivity contribution is 0.471. The van der Waals surface area contributed by atoms with Gasteiger partial charge in [0.25, 0.3) is 0 Å². The Labute approximate surface area is 64.1 Å². The highest BCUT2D eigenvalue weighted by Crippen LogP contribution is 2.27. The first kappa shape index (κ1) is 7.56. The fourth-order valence-electron chi connectivity index (χ4n) is 0.962. The van der Waals surface area contributed by atoms with Gasteiger partial charge in [0, 0.05) is 0 Å². The van der Waals surface area contributed by atoms with Gasteiger partial charge in [-0.05, 0) is 18.9 Å². The van der Waals surface area contributed by atoms with Crippen molar-refractivity contribution in [2.24, 2.45) is 5.92 Å². The number of hydrogen-bond acceptors (Lipinski definition) is 1. The zero-order valence-corrected chi connectivity index (χ0v) is 6.11. The Morgan fingerprint density at radius 3 is 2.90 bits per heavy atom. The summed E-state index contributed by atoms with van der Waals surface area (Å²) in [6.07, 6.45) is 2.57. The van der Waals surface area contributed by atoms with E-state index in [1.54, 1.807) is 0 Å². The molecule has 0 heterocycles. The smallest absolute Gasteiger partial charge is 0.115 e. The van der Waals surface area contributed by atoms with Gasteiger partial charge in [0.1, 0.15) is 5.83 Å². The molecule has 0 bridgehead atoms. The van der Waals surface area contributed by atoms with Crippen molar-refractivity contribution in [1.82, 2.24) is 0 Å². The molecule has 0 aromatic carbocycles. The standard InChI is InChI=1S/C7H7ClFN/c8-6-2-1-5(4-10)7(9)3-6/h3,5-6H,1-2H2. The predicted octanol–water partition coefficient (Wildman–Crippen LogP) is 2.38. The molecule has 1 rings (SSSR count). The quantitative estimate of drug-likeness (QED) is 0.498. The van der Waals surface area contributed by atoms with Crippen LogP contribution in [-0.2, 0) is 0 Å². The topological polar surface area (TPSA) is 23.8 Å². The van der Waals surface area contributed by atoms with Gasteiger partial charge in [0.2, 0.25) is 0 Å². The van der Waals surface area contributed by atoms with Crippen LogP contribution in [0, 0.1) is 17.2 Å². The normalized spacial score (nSPS) is 32.7. The molecule has 54 valence electrons. The van der Waals surface area contributed by atoms with E-state index in [2.05, 4.69) is 0 Å². The molecule has 0 saturated heterocycles. The molecular weight excluding hydrogens is 153 g/mol. The lowest BCUT2D eigenvalue weighted by Crippen LogP contribution is -2.10. The summed E-state index contributed by atoms with van der Waals surface area (Å²) < 4.78 is 12.7. The first-order chi connectivity index (χ1) is 4.74. The highest BCUT2D eigenvalue weighted by atomic mass is 35.5. The Balaban J connectivity index is 2.69. The molecule has 0 saturated carbocycles. The fraction of sp³-hybridized carbons (Fsp3) is 0.571. The lowest BCUT2D eigenvalue weighted by Gasteiger charge is -2.14. The van der Waals surface area contributed by atoms with Gasteiger partial charge in [-0.3, -0.25) is 0 Å². The molecular formula is C7H7ClFN. The van der Waals surface area contributed by atoms with Crippen LogP contribution in [0.4, 0.5) is 4.39 Å². The molecule has 0 aliphatic heterocycles. The number of nitriles is 1. The van der Waals surface area contributed by atoms with E-state index in [9.17, 15) is 4.39 Å². The maximum Gasteiger partial charge on any atom is 0.115 e. The molecule has 2 atom stereocenters. The van der Waals surface area contributed by atoms with Gasteiger partial charge in [-0.15, -0.1) is 11.6 Å². The number of hydrogen-bond donors (Lipinski definition) is 0. The van der Waals surface area contributed by atoms with E-state index in [0.717, 1.165) is 0 Å². The van der Waals surface area contributed by atoms with Gasteiger partial charge < -0.3 is 0 Å². The largest absolute Gasteiger partial charge is 0.211 e. The van der Waals surface area contributed by atoms with Crippen LogP contribution in [0.3, 0.4) is 0 Å². The Bertz CT molecular complexity index is 194. The molecule has 3 heteroatoms. The third-order valence-electron chi connectivity index (χ3n) is 1.56. The Morgan fingerprint density at radius 2 is 2.40 bits per heavy atom. The van der Waals surface area contributed by atoms with Gasteiger partial charge in [0.15, 0.2) is 0 Å². The van der Waals surface area contributed by atoms with Crippen LogP contribution < -0.4 is 0 Å². The second-order valence-corrected chi connectivity index (χ2v) is 2.89. The van der Waals surface area contributed by atoms with Crippen molar-refractivity contribution in [3.63, 3.8) is 0 Å². The molecule has 0 fully saturated rings. The third kappa shape index (κ3) is 1.48. The minimum Gasteiger partial charge on any atom is -0.211 e. The number of rotatable bonds is 0. The first-order valence-corrected chi connectivity index (χ1v) is 3.58. The lowest BCUT2D eigenvalue weighted by atomic mass is 9.96. The molecule has 1 nitrogen and oxygen atoms in total. The zero-order valence-electron chi connectivity index (χ0n) is 5.35. The van der Waals surface area contributed by atoms with Gasteiger partial charge in [-0.25, -0.2) is 4.39 Å². The molecule has 0 radical (unpaired) electrons. The second-order valence-electron chi connectivity index (χ2n) is 2.33.